The Kier molecular flexibility index (Phi) is 4.13. The zero-order valence-electron chi connectivity index (χ0n) is 11.1. The van der Waals surface area contributed by atoms with Crippen molar-refractivity contribution in [1.82, 2.24) is 10.3 Å². The Morgan fingerprint density at radius 3 is 2.58 bits per heavy atom. The molecule has 1 amide bonds. The van der Waals surface area contributed by atoms with Gasteiger partial charge in [0.1, 0.15) is 5.82 Å². The van der Waals surface area contributed by atoms with E-state index in [0.717, 1.165) is 11.4 Å². The number of carbonyl (C=O) groups is 1. The topological polar surface area (TPSA) is 54.0 Å². The summed E-state index contributed by atoms with van der Waals surface area (Å²) < 4.78 is 0. The number of nitrogens with one attached hydrogen (secondary N) is 2. The smallest absolute Gasteiger partial charge is 0.255 e. The average molecular weight is 255 g/mol. The van der Waals surface area contributed by atoms with E-state index in [2.05, 4.69) is 15.6 Å². The molecule has 0 saturated heterocycles. The molecular weight excluding hydrogens is 238 g/mol. The van der Waals surface area contributed by atoms with Crippen LogP contribution < -0.4 is 10.6 Å². The average Bonchev–Trinajstić information content (AvgIpc) is 2.40. The van der Waals surface area contributed by atoms with Gasteiger partial charge >= 0.3 is 0 Å². The summed E-state index contributed by atoms with van der Waals surface area (Å²) in [6.07, 6.45) is 0. The summed E-state index contributed by atoms with van der Waals surface area (Å²) in [6.45, 7) is 4.39. The van der Waals surface area contributed by atoms with E-state index in [4.69, 9.17) is 0 Å². The molecule has 2 rings (SSSR count). The molecule has 0 spiro atoms. The second-order valence-corrected chi connectivity index (χ2v) is 4.20. The summed E-state index contributed by atoms with van der Waals surface area (Å²) in [6, 6.07) is 13.3. The number of anilines is 2. The van der Waals surface area contributed by atoms with Crippen LogP contribution in [0.15, 0.2) is 42.5 Å². The second kappa shape index (κ2) is 6.00. The number of benzene rings is 1. The number of aromatic nitrogens is 1. The predicted octanol–water partition coefficient (Wildman–Crippen LogP) is 2.88. The van der Waals surface area contributed by atoms with Crippen LogP contribution >= 0.6 is 0 Å². The summed E-state index contributed by atoms with van der Waals surface area (Å²) in [5.74, 6) is 0.464. The maximum Gasteiger partial charge on any atom is 0.255 e. The number of para-hydroxylation sites is 1. The highest BCUT2D eigenvalue weighted by atomic mass is 16.1. The number of amides is 1. The first-order chi connectivity index (χ1) is 9.20. The van der Waals surface area contributed by atoms with E-state index in [1.807, 2.05) is 50.2 Å². The highest BCUT2D eigenvalue weighted by molar-refractivity contribution is 5.99. The van der Waals surface area contributed by atoms with Gasteiger partial charge in [0.25, 0.3) is 5.91 Å². The number of carbonyl (C=O) groups excluding carboxylic acids is 1. The maximum absolute atomic E-state index is 12.0. The van der Waals surface area contributed by atoms with E-state index in [1.165, 1.54) is 0 Å². The van der Waals surface area contributed by atoms with Crippen LogP contribution in [0.3, 0.4) is 0 Å². The molecule has 19 heavy (non-hydrogen) atoms. The molecule has 0 fully saturated rings. The van der Waals surface area contributed by atoms with E-state index in [0.29, 0.717) is 17.9 Å². The number of hydrogen-bond acceptors (Lipinski definition) is 3. The highest BCUT2D eigenvalue weighted by Gasteiger charge is 2.12. The van der Waals surface area contributed by atoms with Crippen LogP contribution in [0.4, 0.5) is 11.5 Å². The Morgan fingerprint density at radius 1 is 1.16 bits per heavy atom. The van der Waals surface area contributed by atoms with Crippen LogP contribution in [0.25, 0.3) is 0 Å². The first-order valence-corrected chi connectivity index (χ1v) is 6.28. The number of hydrogen-bond donors (Lipinski definition) is 2. The van der Waals surface area contributed by atoms with E-state index in [-0.39, 0.29) is 5.91 Å². The Morgan fingerprint density at radius 2 is 1.89 bits per heavy atom. The predicted molar refractivity (Wildman–Crippen MR) is 76.7 cm³/mol. The summed E-state index contributed by atoms with van der Waals surface area (Å²) in [7, 11) is 0. The molecule has 0 aliphatic heterocycles. The molecule has 0 radical (unpaired) electrons. The fourth-order valence-electron chi connectivity index (χ4n) is 1.75. The Bertz CT molecular complexity index is 567. The quantitative estimate of drug-likeness (QED) is 0.883. The van der Waals surface area contributed by atoms with Gasteiger partial charge in [-0.3, -0.25) is 4.79 Å². The lowest BCUT2D eigenvalue weighted by molar-refractivity contribution is 0.0956. The third kappa shape index (κ3) is 3.31. The molecule has 0 saturated carbocycles. The van der Waals surface area contributed by atoms with Crippen molar-refractivity contribution in [1.29, 1.82) is 0 Å². The van der Waals surface area contributed by atoms with Gasteiger partial charge in [0.2, 0.25) is 0 Å². The lowest BCUT2D eigenvalue weighted by Gasteiger charge is -2.11. The Balaban J connectivity index is 2.32. The van der Waals surface area contributed by atoms with Crippen LogP contribution in [-0.2, 0) is 0 Å². The third-order valence-corrected chi connectivity index (χ3v) is 2.65. The Labute approximate surface area is 112 Å². The van der Waals surface area contributed by atoms with E-state index >= 15 is 0 Å². The van der Waals surface area contributed by atoms with E-state index in [1.54, 1.807) is 6.07 Å². The summed E-state index contributed by atoms with van der Waals surface area (Å²) in [5.41, 5.74) is 2.33. The molecule has 1 aromatic heterocycles. The molecule has 1 aromatic carbocycles. The zero-order valence-corrected chi connectivity index (χ0v) is 11.1. The summed E-state index contributed by atoms with van der Waals surface area (Å²) in [5, 5.41) is 5.97. The highest BCUT2D eigenvalue weighted by Crippen LogP contribution is 2.19. The molecule has 0 bridgehead atoms. The van der Waals surface area contributed by atoms with Gasteiger partial charge in [0, 0.05) is 17.9 Å². The maximum atomic E-state index is 12.0. The first kappa shape index (κ1) is 13.1. The third-order valence-electron chi connectivity index (χ3n) is 2.65. The molecule has 4 heteroatoms. The standard InChI is InChI=1S/C15H17N3O/c1-3-16-15(19)13-10-9-11(2)17-14(13)18-12-7-5-4-6-8-12/h4-10H,3H2,1-2H3,(H,16,19)(H,17,18). The number of nitrogens with zero attached hydrogens (tertiary/aromatic N) is 1. The van der Waals surface area contributed by atoms with Crippen LogP contribution in [0.2, 0.25) is 0 Å². The second-order valence-electron chi connectivity index (χ2n) is 4.20. The van der Waals surface area contributed by atoms with Crippen molar-refractivity contribution >= 4 is 17.4 Å². The minimum absolute atomic E-state index is 0.117. The largest absolute Gasteiger partial charge is 0.352 e. The van der Waals surface area contributed by atoms with Gasteiger partial charge in [0.15, 0.2) is 0 Å². The Hall–Kier alpha value is -2.36. The molecule has 0 aliphatic rings. The fourth-order valence-corrected chi connectivity index (χ4v) is 1.75. The molecule has 2 N–H and O–H groups in total. The molecular formula is C15H17N3O. The van der Waals surface area contributed by atoms with Gasteiger partial charge in [-0.05, 0) is 38.1 Å². The number of aryl methyl sites for hydroxylation is 1. The van der Waals surface area contributed by atoms with Crippen molar-refractivity contribution in [2.75, 3.05) is 11.9 Å². The van der Waals surface area contributed by atoms with Gasteiger partial charge in [0.05, 0.1) is 5.56 Å². The van der Waals surface area contributed by atoms with E-state index < -0.39 is 0 Å². The summed E-state index contributed by atoms with van der Waals surface area (Å²) in [4.78, 5) is 16.4. The lowest BCUT2D eigenvalue weighted by atomic mass is 10.2. The van der Waals surface area contributed by atoms with Crippen molar-refractivity contribution in [3.8, 4) is 0 Å². The SMILES string of the molecule is CCNC(=O)c1ccc(C)nc1Nc1ccccc1. The molecule has 0 atom stereocenters. The normalized spacial score (nSPS) is 10.0. The van der Waals surface area contributed by atoms with Crippen molar-refractivity contribution < 1.29 is 4.79 Å². The summed E-state index contributed by atoms with van der Waals surface area (Å²) >= 11 is 0. The number of rotatable bonds is 4. The van der Waals surface area contributed by atoms with E-state index in [9.17, 15) is 4.79 Å². The lowest BCUT2D eigenvalue weighted by Crippen LogP contribution is -2.24. The van der Waals surface area contributed by atoms with Crippen LogP contribution in [0.5, 0.6) is 0 Å². The van der Waals surface area contributed by atoms with Gasteiger partial charge in [-0.25, -0.2) is 4.98 Å². The molecule has 2 aromatic rings. The molecule has 0 unspecified atom stereocenters. The monoisotopic (exact) mass is 255 g/mol. The minimum Gasteiger partial charge on any atom is -0.352 e. The molecule has 98 valence electrons. The molecule has 4 nitrogen and oxygen atoms in total. The molecule has 0 aliphatic carbocycles. The van der Waals surface area contributed by atoms with Crippen LogP contribution in [0.1, 0.15) is 23.0 Å². The van der Waals surface area contributed by atoms with Crippen molar-refractivity contribution in [2.24, 2.45) is 0 Å². The van der Waals surface area contributed by atoms with Crippen molar-refractivity contribution in [2.45, 2.75) is 13.8 Å². The minimum atomic E-state index is -0.117. The van der Waals surface area contributed by atoms with Crippen LogP contribution in [-0.4, -0.2) is 17.4 Å². The van der Waals surface area contributed by atoms with Gasteiger partial charge in [-0.1, -0.05) is 18.2 Å². The van der Waals surface area contributed by atoms with Crippen molar-refractivity contribution in [3.05, 3.63) is 53.7 Å². The number of pyridine rings is 1. The zero-order chi connectivity index (χ0) is 13.7. The van der Waals surface area contributed by atoms with Gasteiger partial charge < -0.3 is 10.6 Å². The van der Waals surface area contributed by atoms with Crippen molar-refractivity contribution in [3.63, 3.8) is 0 Å². The first-order valence-electron chi connectivity index (χ1n) is 6.28. The van der Waals surface area contributed by atoms with Crippen LogP contribution in [0, 0.1) is 6.92 Å². The fraction of sp³-hybridized carbons (Fsp3) is 0.200. The van der Waals surface area contributed by atoms with Gasteiger partial charge in [-0.2, -0.15) is 0 Å². The molecule has 1 heterocycles. The van der Waals surface area contributed by atoms with Gasteiger partial charge in [-0.15, -0.1) is 0 Å².